The van der Waals surface area contributed by atoms with Crippen molar-refractivity contribution in [1.82, 2.24) is 9.55 Å². The number of imidazole rings is 1. The van der Waals surface area contributed by atoms with Crippen molar-refractivity contribution in [2.45, 2.75) is 39.2 Å². The van der Waals surface area contributed by atoms with Crippen molar-refractivity contribution in [3.05, 3.63) is 75.5 Å². The quantitative estimate of drug-likeness (QED) is 0.391. The van der Waals surface area contributed by atoms with Crippen LogP contribution >= 0.6 is 11.3 Å². The molecular formula is C24H26N2O5S. The molecule has 2 heterocycles. The van der Waals surface area contributed by atoms with Crippen molar-refractivity contribution in [3.8, 4) is 5.75 Å². The Labute approximate surface area is 190 Å². The minimum Gasteiger partial charge on any atom is -0.482 e. The first-order valence-corrected chi connectivity index (χ1v) is 11.3. The molecule has 0 aliphatic carbocycles. The van der Waals surface area contributed by atoms with E-state index in [0.29, 0.717) is 24.3 Å². The van der Waals surface area contributed by atoms with E-state index >= 15 is 0 Å². The second-order valence-electron chi connectivity index (χ2n) is 7.35. The Bertz CT molecular complexity index is 1070. The van der Waals surface area contributed by atoms with Gasteiger partial charge in [-0.05, 0) is 41.6 Å². The van der Waals surface area contributed by atoms with E-state index in [1.54, 1.807) is 24.4 Å². The highest BCUT2D eigenvalue weighted by Gasteiger charge is 2.14. The standard InChI is InChI=1S/C24H26N2O5S/c1-2-3-6-22-25-14-19(12-18(24(29)30)13-21-5-4-11-32-21)26(22)15-17-7-9-20(10-8-17)31-16-23(27)28/h4-5,7-12,14H,2-3,6,13,15-16H2,1H3,(H,27,28)(H,29,30). The van der Waals surface area contributed by atoms with Gasteiger partial charge >= 0.3 is 11.9 Å². The van der Waals surface area contributed by atoms with E-state index < -0.39 is 11.9 Å². The fourth-order valence-corrected chi connectivity index (χ4v) is 3.98. The minimum absolute atomic E-state index is 0.313. The molecule has 1 aromatic carbocycles. The lowest BCUT2D eigenvalue weighted by Gasteiger charge is -2.12. The van der Waals surface area contributed by atoms with Crippen LogP contribution in [-0.4, -0.2) is 38.3 Å². The topological polar surface area (TPSA) is 102 Å². The molecule has 3 aromatic rings. The number of unbranched alkanes of at least 4 members (excludes halogenated alkanes) is 1. The van der Waals surface area contributed by atoms with Crippen molar-refractivity contribution >= 4 is 29.4 Å². The van der Waals surface area contributed by atoms with Crippen molar-refractivity contribution in [2.24, 2.45) is 0 Å². The summed E-state index contributed by atoms with van der Waals surface area (Å²) in [7, 11) is 0. The van der Waals surface area contributed by atoms with Crippen molar-refractivity contribution in [1.29, 1.82) is 0 Å². The van der Waals surface area contributed by atoms with Crippen LogP contribution in [0.4, 0.5) is 0 Å². The van der Waals surface area contributed by atoms with Crippen LogP contribution in [0.3, 0.4) is 0 Å². The Morgan fingerprint density at radius 2 is 1.97 bits per heavy atom. The van der Waals surface area contributed by atoms with Gasteiger partial charge < -0.3 is 19.5 Å². The van der Waals surface area contributed by atoms with Crippen molar-refractivity contribution in [3.63, 3.8) is 0 Å². The Balaban J connectivity index is 1.87. The molecule has 0 radical (unpaired) electrons. The normalized spacial score (nSPS) is 11.5. The lowest BCUT2D eigenvalue weighted by molar-refractivity contribution is -0.139. The lowest BCUT2D eigenvalue weighted by atomic mass is 10.1. The molecule has 2 aromatic heterocycles. The highest BCUT2D eigenvalue weighted by molar-refractivity contribution is 7.09. The number of nitrogens with zero attached hydrogens (tertiary/aromatic N) is 2. The summed E-state index contributed by atoms with van der Waals surface area (Å²) in [5.41, 5.74) is 2.04. The van der Waals surface area contributed by atoms with Gasteiger partial charge in [0.05, 0.1) is 11.9 Å². The molecule has 3 rings (SSSR count). The summed E-state index contributed by atoms with van der Waals surface area (Å²) in [6, 6.07) is 11.1. The predicted octanol–water partition coefficient (Wildman–Crippen LogP) is 4.51. The van der Waals surface area contributed by atoms with Gasteiger partial charge in [0.1, 0.15) is 11.6 Å². The number of carboxylic acids is 2. The Hall–Kier alpha value is -3.39. The third kappa shape index (κ3) is 6.55. The molecule has 2 N–H and O–H groups in total. The van der Waals surface area contributed by atoms with Crippen LogP contribution in [0.25, 0.3) is 6.08 Å². The van der Waals surface area contributed by atoms with Crippen LogP contribution in [0.1, 0.15) is 41.7 Å². The second kappa shape index (κ2) is 11.3. The van der Waals surface area contributed by atoms with Crippen molar-refractivity contribution in [2.75, 3.05) is 6.61 Å². The van der Waals surface area contributed by atoms with Crippen LogP contribution in [0.5, 0.6) is 5.75 Å². The highest BCUT2D eigenvalue weighted by Crippen LogP contribution is 2.20. The first kappa shape index (κ1) is 23.3. The number of hydrogen-bond acceptors (Lipinski definition) is 5. The second-order valence-corrected chi connectivity index (χ2v) is 8.38. The van der Waals surface area contributed by atoms with Crippen LogP contribution in [0.2, 0.25) is 0 Å². The van der Waals surface area contributed by atoms with Gasteiger partial charge in [0.25, 0.3) is 0 Å². The van der Waals surface area contributed by atoms with E-state index in [1.807, 2.05) is 34.2 Å². The van der Waals surface area contributed by atoms with Gasteiger partial charge in [0, 0.05) is 29.8 Å². The first-order chi connectivity index (χ1) is 15.5. The predicted molar refractivity (Wildman–Crippen MR) is 123 cm³/mol. The van der Waals surface area contributed by atoms with Gasteiger partial charge in [-0.25, -0.2) is 14.6 Å². The summed E-state index contributed by atoms with van der Waals surface area (Å²) in [4.78, 5) is 28.1. The molecule has 8 heteroatoms. The fourth-order valence-electron chi connectivity index (χ4n) is 3.25. The number of rotatable bonds is 12. The SMILES string of the molecule is CCCCc1ncc(C=C(Cc2cccs2)C(=O)O)n1Cc1ccc(OCC(=O)O)cc1. The molecule has 0 spiro atoms. The summed E-state index contributed by atoms with van der Waals surface area (Å²) in [5.74, 6) is -0.579. The Morgan fingerprint density at radius 1 is 1.19 bits per heavy atom. The maximum atomic E-state index is 11.9. The Kier molecular flexibility index (Phi) is 8.21. The molecule has 0 bridgehead atoms. The number of aryl methyl sites for hydroxylation is 1. The largest absolute Gasteiger partial charge is 0.482 e. The molecule has 0 aliphatic rings. The van der Waals surface area contributed by atoms with E-state index in [1.165, 1.54) is 11.3 Å². The molecule has 0 fully saturated rings. The maximum Gasteiger partial charge on any atom is 0.341 e. The molecule has 32 heavy (non-hydrogen) atoms. The molecule has 0 amide bonds. The molecule has 0 atom stereocenters. The van der Waals surface area contributed by atoms with Crippen LogP contribution in [0, 0.1) is 0 Å². The molecular weight excluding hydrogens is 428 g/mol. The third-order valence-corrected chi connectivity index (χ3v) is 5.77. The molecule has 168 valence electrons. The van der Waals surface area contributed by atoms with Crippen molar-refractivity contribution < 1.29 is 24.5 Å². The minimum atomic E-state index is -1.03. The van der Waals surface area contributed by atoms with E-state index in [2.05, 4.69) is 11.9 Å². The zero-order valence-electron chi connectivity index (χ0n) is 17.9. The number of aliphatic carboxylic acids is 2. The molecule has 0 saturated heterocycles. The van der Waals surface area contributed by atoms with E-state index in [9.17, 15) is 14.7 Å². The number of carboxylic acid groups (broad SMARTS) is 2. The monoisotopic (exact) mass is 454 g/mol. The molecule has 0 saturated carbocycles. The van der Waals surface area contributed by atoms with Gasteiger partial charge in [0.2, 0.25) is 0 Å². The van der Waals surface area contributed by atoms with E-state index in [-0.39, 0.29) is 6.61 Å². The van der Waals surface area contributed by atoms with Crippen LogP contribution < -0.4 is 4.74 Å². The van der Waals surface area contributed by atoms with Crippen LogP contribution in [0.15, 0.2) is 53.5 Å². The van der Waals surface area contributed by atoms with Crippen LogP contribution in [-0.2, 0) is 29.0 Å². The zero-order valence-corrected chi connectivity index (χ0v) is 18.7. The molecule has 0 unspecified atom stereocenters. The number of aromatic nitrogens is 2. The number of ether oxygens (including phenoxy) is 1. The number of hydrogen-bond donors (Lipinski definition) is 2. The zero-order chi connectivity index (χ0) is 22.9. The molecule has 7 nitrogen and oxygen atoms in total. The summed E-state index contributed by atoms with van der Waals surface area (Å²) in [6.07, 6.45) is 6.62. The molecule has 0 aliphatic heterocycles. The highest BCUT2D eigenvalue weighted by atomic mass is 32.1. The maximum absolute atomic E-state index is 11.9. The average molecular weight is 455 g/mol. The van der Waals surface area contributed by atoms with E-state index in [0.717, 1.165) is 41.2 Å². The van der Waals surface area contributed by atoms with Gasteiger partial charge in [-0.3, -0.25) is 0 Å². The lowest BCUT2D eigenvalue weighted by Crippen LogP contribution is -2.10. The van der Waals surface area contributed by atoms with E-state index in [4.69, 9.17) is 9.84 Å². The average Bonchev–Trinajstić information content (AvgIpc) is 3.41. The fraction of sp³-hybridized carbons (Fsp3) is 0.292. The number of benzene rings is 1. The van der Waals surface area contributed by atoms with Gasteiger partial charge in [-0.1, -0.05) is 31.5 Å². The van der Waals surface area contributed by atoms with Gasteiger partial charge in [-0.15, -0.1) is 11.3 Å². The van der Waals surface area contributed by atoms with Gasteiger partial charge in [0.15, 0.2) is 6.61 Å². The first-order valence-electron chi connectivity index (χ1n) is 10.4. The smallest absolute Gasteiger partial charge is 0.341 e. The summed E-state index contributed by atoms with van der Waals surface area (Å²) >= 11 is 1.53. The summed E-state index contributed by atoms with van der Waals surface area (Å²) < 4.78 is 7.24. The number of carbonyl (C=O) groups is 2. The summed E-state index contributed by atoms with van der Waals surface area (Å²) in [6.45, 7) is 2.25. The third-order valence-electron chi connectivity index (χ3n) is 4.89. The Morgan fingerprint density at radius 3 is 2.59 bits per heavy atom. The van der Waals surface area contributed by atoms with Gasteiger partial charge in [-0.2, -0.15) is 0 Å². The number of thiophene rings is 1. The summed E-state index contributed by atoms with van der Waals surface area (Å²) in [5, 5.41) is 20.4.